The van der Waals surface area contributed by atoms with Crippen molar-refractivity contribution in [3.63, 3.8) is 0 Å². The first-order chi connectivity index (χ1) is 11.7. The van der Waals surface area contributed by atoms with Crippen LogP contribution in [-0.4, -0.2) is 24.0 Å². The number of aromatic hydroxyl groups is 1. The highest BCUT2D eigenvalue weighted by Gasteiger charge is 2.19. The van der Waals surface area contributed by atoms with Crippen LogP contribution < -0.4 is 11.1 Å². The Morgan fingerprint density at radius 3 is 2.28 bits per heavy atom. The average Bonchev–Trinajstić information content (AvgIpc) is 2.53. The van der Waals surface area contributed by atoms with E-state index in [1.54, 1.807) is 0 Å². The van der Waals surface area contributed by atoms with E-state index in [-0.39, 0.29) is 17.0 Å². The summed E-state index contributed by atoms with van der Waals surface area (Å²) >= 11 is 0. The SMILES string of the molecule is Nc1ccc(C(=O)Nc2cc3cc(O)ccc3cc2S(=O)(=O)O)cc1. The molecular weight excluding hydrogens is 344 g/mol. The molecule has 0 bridgehead atoms. The van der Waals surface area contributed by atoms with Crippen molar-refractivity contribution >= 4 is 38.2 Å². The second-order valence-electron chi connectivity index (χ2n) is 5.43. The van der Waals surface area contributed by atoms with E-state index >= 15 is 0 Å². The summed E-state index contributed by atoms with van der Waals surface area (Å²) in [5.41, 5.74) is 6.23. The predicted octanol–water partition coefficient (Wildman–Crippen LogP) is 2.63. The number of carbonyl (C=O) groups excluding carboxylic acids is 1. The maximum Gasteiger partial charge on any atom is 0.296 e. The van der Waals surface area contributed by atoms with Gasteiger partial charge in [-0.3, -0.25) is 9.35 Å². The van der Waals surface area contributed by atoms with E-state index in [0.29, 0.717) is 16.5 Å². The maximum atomic E-state index is 12.3. The fourth-order valence-corrected chi connectivity index (χ4v) is 3.07. The van der Waals surface area contributed by atoms with Crippen molar-refractivity contribution in [1.29, 1.82) is 0 Å². The average molecular weight is 358 g/mol. The van der Waals surface area contributed by atoms with E-state index in [9.17, 15) is 22.9 Å². The Morgan fingerprint density at radius 1 is 0.960 bits per heavy atom. The summed E-state index contributed by atoms with van der Waals surface area (Å²) in [6.45, 7) is 0. The number of phenolic OH excluding ortho intramolecular Hbond substituents is 1. The molecule has 0 aromatic heterocycles. The molecule has 0 spiro atoms. The third-order valence-electron chi connectivity index (χ3n) is 3.62. The quantitative estimate of drug-likeness (QED) is 0.421. The van der Waals surface area contributed by atoms with E-state index in [1.165, 1.54) is 54.6 Å². The molecule has 25 heavy (non-hydrogen) atoms. The van der Waals surface area contributed by atoms with Crippen LogP contribution in [-0.2, 0) is 10.1 Å². The number of rotatable bonds is 3. The first kappa shape index (κ1) is 16.7. The Labute approximate surface area is 143 Å². The number of nitrogen functional groups attached to an aromatic ring is 1. The number of phenols is 1. The summed E-state index contributed by atoms with van der Waals surface area (Å²) < 4.78 is 32.8. The molecule has 0 aliphatic heterocycles. The molecule has 5 N–H and O–H groups in total. The molecular formula is C17H14N2O5S. The molecule has 3 aromatic carbocycles. The van der Waals surface area contributed by atoms with Crippen LogP contribution in [0.4, 0.5) is 11.4 Å². The number of benzene rings is 3. The van der Waals surface area contributed by atoms with Crippen molar-refractivity contribution in [3.8, 4) is 5.75 Å². The van der Waals surface area contributed by atoms with Crippen molar-refractivity contribution in [1.82, 2.24) is 0 Å². The van der Waals surface area contributed by atoms with Gasteiger partial charge in [0.1, 0.15) is 10.6 Å². The van der Waals surface area contributed by atoms with Crippen molar-refractivity contribution in [2.75, 3.05) is 11.1 Å². The van der Waals surface area contributed by atoms with Crippen LogP contribution in [0, 0.1) is 0 Å². The standard InChI is InChI=1S/C17H14N2O5S/c18-13-4-1-10(2-5-13)17(21)19-15-8-12-7-14(20)6-3-11(12)9-16(15)25(22,23)24/h1-9,20H,18H2,(H,19,21)(H,22,23,24). The summed E-state index contributed by atoms with van der Waals surface area (Å²) in [4.78, 5) is 11.9. The molecule has 0 fully saturated rings. The molecule has 1 amide bonds. The zero-order valence-electron chi connectivity index (χ0n) is 12.8. The first-order valence-electron chi connectivity index (χ1n) is 7.15. The molecule has 0 unspecified atom stereocenters. The third kappa shape index (κ3) is 3.54. The molecule has 0 aliphatic carbocycles. The minimum Gasteiger partial charge on any atom is -0.508 e. The molecule has 3 rings (SSSR count). The lowest BCUT2D eigenvalue weighted by molar-refractivity contribution is 0.102. The van der Waals surface area contributed by atoms with Crippen LogP contribution in [0.2, 0.25) is 0 Å². The molecule has 7 nitrogen and oxygen atoms in total. The lowest BCUT2D eigenvalue weighted by atomic mass is 10.1. The lowest BCUT2D eigenvalue weighted by Gasteiger charge is -2.11. The summed E-state index contributed by atoms with van der Waals surface area (Å²) in [5.74, 6) is -0.577. The molecule has 0 radical (unpaired) electrons. The van der Waals surface area contributed by atoms with Gasteiger partial charge in [-0.1, -0.05) is 6.07 Å². The second kappa shape index (κ2) is 6.08. The van der Waals surface area contributed by atoms with E-state index in [1.807, 2.05) is 0 Å². The number of nitrogens with two attached hydrogens (primary N) is 1. The molecule has 0 saturated heterocycles. The maximum absolute atomic E-state index is 12.3. The Bertz CT molecular complexity index is 1080. The molecule has 3 aromatic rings. The molecule has 8 heteroatoms. The Morgan fingerprint density at radius 2 is 1.64 bits per heavy atom. The number of nitrogens with one attached hydrogen (secondary N) is 1. The van der Waals surface area contributed by atoms with Crippen molar-refractivity contribution in [2.45, 2.75) is 4.90 Å². The summed E-state index contributed by atoms with van der Waals surface area (Å²) in [7, 11) is -4.57. The van der Waals surface area contributed by atoms with Gasteiger partial charge < -0.3 is 16.2 Å². The van der Waals surface area contributed by atoms with Crippen LogP contribution >= 0.6 is 0 Å². The Hall–Kier alpha value is -3.10. The molecule has 0 aliphatic rings. The number of hydrogen-bond acceptors (Lipinski definition) is 5. The van der Waals surface area contributed by atoms with Crippen LogP contribution in [0.15, 0.2) is 59.5 Å². The number of amides is 1. The zero-order valence-corrected chi connectivity index (χ0v) is 13.6. The summed E-state index contributed by atoms with van der Waals surface area (Å²) in [6.07, 6.45) is 0. The lowest BCUT2D eigenvalue weighted by Crippen LogP contribution is -2.14. The minimum atomic E-state index is -4.57. The van der Waals surface area contributed by atoms with Gasteiger partial charge in [-0.25, -0.2) is 0 Å². The number of carbonyl (C=O) groups is 1. The van der Waals surface area contributed by atoms with Crippen LogP contribution in [0.5, 0.6) is 5.75 Å². The summed E-state index contributed by atoms with van der Waals surface area (Å²) in [6, 6.07) is 13.0. The van der Waals surface area contributed by atoms with Gasteiger partial charge in [-0.2, -0.15) is 8.42 Å². The normalized spacial score (nSPS) is 11.4. The highest BCUT2D eigenvalue weighted by molar-refractivity contribution is 7.86. The number of hydrogen-bond donors (Lipinski definition) is 4. The molecule has 128 valence electrons. The highest BCUT2D eigenvalue weighted by Crippen LogP contribution is 2.30. The van der Waals surface area contributed by atoms with Gasteiger partial charge in [0.25, 0.3) is 16.0 Å². The van der Waals surface area contributed by atoms with Gasteiger partial charge >= 0.3 is 0 Å². The van der Waals surface area contributed by atoms with E-state index < -0.39 is 20.9 Å². The molecule has 0 atom stereocenters. The topological polar surface area (TPSA) is 130 Å². The Kier molecular flexibility index (Phi) is 4.07. The highest BCUT2D eigenvalue weighted by atomic mass is 32.2. The Balaban J connectivity index is 2.09. The van der Waals surface area contributed by atoms with Crippen LogP contribution in [0.25, 0.3) is 10.8 Å². The third-order valence-corrected chi connectivity index (χ3v) is 4.51. The fraction of sp³-hybridized carbons (Fsp3) is 0. The van der Waals surface area contributed by atoms with Gasteiger partial charge in [0, 0.05) is 11.3 Å². The van der Waals surface area contributed by atoms with Crippen LogP contribution in [0.3, 0.4) is 0 Å². The number of anilines is 2. The summed E-state index contributed by atoms with van der Waals surface area (Å²) in [5, 5.41) is 13.0. The molecule has 0 heterocycles. The van der Waals surface area contributed by atoms with Crippen molar-refractivity contribution in [2.24, 2.45) is 0 Å². The number of fused-ring (bicyclic) bond motifs is 1. The van der Waals surface area contributed by atoms with E-state index in [4.69, 9.17) is 5.73 Å². The predicted molar refractivity (Wildman–Crippen MR) is 94.2 cm³/mol. The van der Waals surface area contributed by atoms with Gasteiger partial charge in [-0.05, 0) is 59.3 Å². The zero-order chi connectivity index (χ0) is 18.2. The monoisotopic (exact) mass is 358 g/mol. The van der Waals surface area contributed by atoms with Crippen LogP contribution in [0.1, 0.15) is 10.4 Å². The van der Waals surface area contributed by atoms with Gasteiger partial charge in [0.15, 0.2) is 0 Å². The van der Waals surface area contributed by atoms with E-state index in [0.717, 1.165) is 0 Å². The van der Waals surface area contributed by atoms with Gasteiger partial charge in [0.05, 0.1) is 5.69 Å². The van der Waals surface area contributed by atoms with Gasteiger partial charge in [0.2, 0.25) is 0 Å². The first-order valence-corrected chi connectivity index (χ1v) is 8.59. The smallest absolute Gasteiger partial charge is 0.296 e. The second-order valence-corrected chi connectivity index (χ2v) is 6.82. The minimum absolute atomic E-state index is 0.0112. The van der Waals surface area contributed by atoms with E-state index in [2.05, 4.69) is 5.32 Å². The van der Waals surface area contributed by atoms with Gasteiger partial charge in [-0.15, -0.1) is 0 Å². The fourth-order valence-electron chi connectivity index (χ4n) is 2.40. The molecule has 0 saturated carbocycles. The van der Waals surface area contributed by atoms with Crippen molar-refractivity contribution in [3.05, 3.63) is 60.2 Å². The largest absolute Gasteiger partial charge is 0.508 e. The van der Waals surface area contributed by atoms with Crippen molar-refractivity contribution < 1.29 is 22.9 Å².